The SMILES string of the molecule is CCC(=O)N1CCN(c2nc3c(s2)CC(C(=O)NCc2cccc(F)c2)CC3)CC1. The van der Waals surface area contributed by atoms with Crippen molar-refractivity contribution in [3.8, 4) is 0 Å². The van der Waals surface area contributed by atoms with E-state index in [1.807, 2.05) is 17.9 Å². The number of halogens is 1. The third-order valence-electron chi connectivity index (χ3n) is 5.86. The summed E-state index contributed by atoms with van der Waals surface area (Å²) in [6.07, 6.45) is 2.84. The van der Waals surface area contributed by atoms with Crippen LogP contribution in [0.25, 0.3) is 0 Å². The maximum Gasteiger partial charge on any atom is 0.223 e. The van der Waals surface area contributed by atoms with Crippen molar-refractivity contribution in [2.24, 2.45) is 5.92 Å². The normalized spacial score (nSPS) is 18.8. The van der Waals surface area contributed by atoms with Gasteiger partial charge in [-0.05, 0) is 37.0 Å². The number of nitrogens with one attached hydrogen (secondary N) is 1. The second-order valence-electron chi connectivity index (χ2n) is 7.88. The lowest BCUT2D eigenvalue weighted by Gasteiger charge is -2.34. The zero-order chi connectivity index (χ0) is 21.1. The third kappa shape index (κ3) is 4.64. The molecular weight excluding hydrogens is 403 g/mol. The predicted molar refractivity (Wildman–Crippen MR) is 115 cm³/mol. The number of aromatic nitrogens is 1. The number of rotatable bonds is 5. The van der Waals surface area contributed by atoms with Crippen LogP contribution < -0.4 is 10.2 Å². The van der Waals surface area contributed by atoms with Crippen LogP contribution in [0.1, 0.15) is 35.9 Å². The van der Waals surface area contributed by atoms with Crippen molar-refractivity contribution in [3.63, 3.8) is 0 Å². The van der Waals surface area contributed by atoms with Gasteiger partial charge in [-0.3, -0.25) is 9.59 Å². The van der Waals surface area contributed by atoms with Gasteiger partial charge in [-0.15, -0.1) is 11.3 Å². The average Bonchev–Trinajstić information content (AvgIpc) is 3.20. The first kappa shape index (κ1) is 20.8. The number of benzene rings is 1. The second kappa shape index (κ2) is 9.12. The maximum absolute atomic E-state index is 13.3. The van der Waals surface area contributed by atoms with E-state index in [2.05, 4.69) is 10.2 Å². The first-order chi connectivity index (χ1) is 14.5. The van der Waals surface area contributed by atoms with Gasteiger partial charge in [0.15, 0.2) is 5.13 Å². The zero-order valence-corrected chi connectivity index (χ0v) is 18.0. The highest BCUT2D eigenvalue weighted by atomic mass is 32.1. The van der Waals surface area contributed by atoms with Gasteiger partial charge in [-0.1, -0.05) is 19.1 Å². The molecule has 0 bridgehead atoms. The summed E-state index contributed by atoms with van der Waals surface area (Å²) in [6.45, 7) is 5.32. The molecule has 1 saturated heterocycles. The number of carbonyl (C=O) groups is 2. The quantitative estimate of drug-likeness (QED) is 0.792. The number of anilines is 1. The Bertz CT molecular complexity index is 924. The highest BCUT2D eigenvalue weighted by molar-refractivity contribution is 7.15. The van der Waals surface area contributed by atoms with E-state index >= 15 is 0 Å². The first-order valence-corrected chi connectivity index (χ1v) is 11.4. The molecule has 2 aliphatic rings. The van der Waals surface area contributed by atoms with Crippen molar-refractivity contribution in [1.82, 2.24) is 15.2 Å². The summed E-state index contributed by atoms with van der Waals surface area (Å²) >= 11 is 1.68. The van der Waals surface area contributed by atoms with E-state index in [4.69, 9.17) is 4.98 Å². The standard InChI is InChI=1S/C22H27FN4O2S/c1-2-20(28)26-8-10-27(11-9-26)22-25-18-7-6-16(13-19(18)30-22)21(29)24-14-15-4-3-5-17(23)12-15/h3-5,12,16H,2,6-11,13-14H2,1H3,(H,24,29). The summed E-state index contributed by atoms with van der Waals surface area (Å²) < 4.78 is 13.3. The Kier molecular flexibility index (Phi) is 6.32. The molecule has 1 aliphatic heterocycles. The summed E-state index contributed by atoms with van der Waals surface area (Å²) in [4.78, 5) is 34.7. The van der Waals surface area contributed by atoms with Crippen LogP contribution in [-0.4, -0.2) is 47.9 Å². The topological polar surface area (TPSA) is 65.5 Å². The van der Waals surface area contributed by atoms with Crippen LogP contribution in [0.2, 0.25) is 0 Å². The molecule has 0 radical (unpaired) electrons. The van der Waals surface area contributed by atoms with Crippen LogP contribution in [0, 0.1) is 11.7 Å². The number of piperazine rings is 1. The molecule has 6 nitrogen and oxygen atoms in total. The molecule has 2 aromatic rings. The Balaban J connectivity index is 1.33. The van der Waals surface area contributed by atoms with E-state index in [0.717, 1.165) is 55.4 Å². The molecule has 1 unspecified atom stereocenters. The summed E-state index contributed by atoms with van der Waals surface area (Å²) in [5, 5.41) is 3.95. The first-order valence-electron chi connectivity index (χ1n) is 10.6. The van der Waals surface area contributed by atoms with Crippen molar-refractivity contribution in [2.45, 2.75) is 39.2 Å². The van der Waals surface area contributed by atoms with Gasteiger partial charge < -0.3 is 15.1 Å². The summed E-state index contributed by atoms with van der Waals surface area (Å²) in [5.41, 5.74) is 1.87. The van der Waals surface area contributed by atoms with Crippen LogP contribution in [0.15, 0.2) is 24.3 Å². The number of aryl methyl sites for hydroxylation is 1. The molecule has 160 valence electrons. The minimum Gasteiger partial charge on any atom is -0.352 e. The maximum atomic E-state index is 13.3. The highest BCUT2D eigenvalue weighted by Crippen LogP contribution is 2.34. The molecule has 0 saturated carbocycles. The van der Waals surface area contributed by atoms with Crippen molar-refractivity contribution in [3.05, 3.63) is 46.2 Å². The molecule has 2 amide bonds. The van der Waals surface area contributed by atoms with Gasteiger partial charge in [0, 0.05) is 49.9 Å². The summed E-state index contributed by atoms with van der Waals surface area (Å²) in [7, 11) is 0. The molecule has 1 aromatic heterocycles. The van der Waals surface area contributed by atoms with Crippen molar-refractivity contribution in [2.75, 3.05) is 31.1 Å². The van der Waals surface area contributed by atoms with Crippen LogP contribution >= 0.6 is 11.3 Å². The molecule has 1 fully saturated rings. The minimum absolute atomic E-state index is 0.0200. The van der Waals surface area contributed by atoms with Gasteiger partial charge in [-0.2, -0.15) is 0 Å². The molecule has 1 aromatic carbocycles. The fourth-order valence-corrected chi connectivity index (χ4v) is 5.31. The molecule has 2 heterocycles. The lowest BCUT2D eigenvalue weighted by molar-refractivity contribution is -0.131. The van der Waals surface area contributed by atoms with E-state index in [9.17, 15) is 14.0 Å². The fraction of sp³-hybridized carbons (Fsp3) is 0.500. The van der Waals surface area contributed by atoms with Crippen LogP contribution in [0.4, 0.5) is 9.52 Å². The Morgan fingerprint density at radius 1 is 1.27 bits per heavy atom. The molecule has 8 heteroatoms. The second-order valence-corrected chi connectivity index (χ2v) is 8.94. The van der Waals surface area contributed by atoms with Gasteiger partial charge in [0.2, 0.25) is 11.8 Å². The van der Waals surface area contributed by atoms with E-state index < -0.39 is 0 Å². The minimum atomic E-state index is -0.291. The van der Waals surface area contributed by atoms with E-state index in [1.54, 1.807) is 17.4 Å². The van der Waals surface area contributed by atoms with Crippen LogP contribution in [-0.2, 0) is 29.0 Å². The number of hydrogen-bond donors (Lipinski definition) is 1. The number of thiazole rings is 1. The van der Waals surface area contributed by atoms with Crippen molar-refractivity contribution >= 4 is 28.3 Å². The van der Waals surface area contributed by atoms with Crippen LogP contribution in [0.5, 0.6) is 0 Å². The van der Waals surface area contributed by atoms with Crippen molar-refractivity contribution in [1.29, 1.82) is 0 Å². The molecule has 1 N–H and O–H groups in total. The van der Waals surface area contributed by atoms with Crippen molar-refractivity contribution < 1.29 is 14.0 Å². The Morgan fingerprint density at radius 2 is 2.07 bits per heavy atom. The Hall–Kier alpha value is -2.48. The summed E-state index contributed by atoms with van der Waals surface area (Å²) in [6, 6.07) is 6.31. The molecule has 1 aliphatic carbocycles. The largest absolute Gasteiger partial charge is 0.352 e. The lowest BCUT2D eigenvalue weighted by Crippen LogP contribution is -2.48. The number of fused-ring (bicyclic) bond motifs is 1. The molecule has 1 atom stereocenters. The Morgan fingerprint density at radius 3 is 2.80 bits per heavy atom. The fourth-order valence-electron chi connectivity index (χ4n) is 4.07. The van der Waals surface area contributed by atoms with Gasteiger partial charge >= 0.3 is 0 Å². The van der Waals surface area contributed by atoms with E-state index in [1.165, 1.54) is 17.0 Å². The van der Waals surface area contributed by atoms with Gasteiger partial charge in [0.05, 0.1) is 5.69 Å². The van der Waals surface area contributed by atoms with Gasteiger partial charge in [0.25, 0.3) is 0 Å². The molecule has 4 rings (SSSR count). The number of carbonyl (C=O) groups excluding carboxylic acids is 2. The smallest absolute Gasteiger partial charge is 0.223 e. The lowest BCUT2D eigenvalue weighted by atomic mass is 9.90. The third-order valence-corrected chi connectivity index (χ3v) is 7.04. The van der Waals surface area contributed by atoms with Gasteiger partial charge in [-0.25, -0.2) is 9.37 Å². The zero-order valence-electron chi connectivity index (χ0n) is 17.2. The molecule has 30 heavy (non-hydrogen) atoms. The number of amides is 2. The van der Waals surface area contributed by atoms with E-state index in [-0.39, 0.29) is 23.5 Å². The highest BCUT2D eigenvalue weighted by Gasteiger charge is 2.29. The Labute approximate surface area is 180 Å². The van der Waals surface area contributed by atoms with Crippen LogP contribution in [0.3, 0.4) is 0 Å². The molecular formula is C22H27FN4O2S. The van der Waals surface area contributed by atoms with E-state index in [0.29, 0.717) is 19.4 Å². The molecule has 0 spiro atoms. The average molecular weight is 431 g/mol. The number of hydrogen-bond acceptors (Lipinski definition) is 5. The summed E-state index contributed by atoms with van der Waals surface area (Å²) in [5.74, 6) is -0.133. The predicted octanol–water partition coefficient (Wildman–Crippen LogP) is 2.76. The van der Waals surface area contributed by atoms with Gasteiger partial charge in [0.1, 0.15) is 5.82 Å². The monoisotopic (exact) mass is 430 g/mol. The number of nitrogens with zero attached hydrogens (tertiary/aromatic N) is 3.